The third kappa shape index (κ3) is 2.09. The van der Waals surface area contributed by atoms with E-state index in [1.54, 1.807) is 11.3 Å². The number of benzene rings is 1. The van der Waals surface area contributed by atoms with Crippen LogP contribution >= 0.6 is 11.3 Å². The molecule has 0 saturated heterocycles. The van der Waals surface area contributed by atoms with Crippen LogP contribution in [0.2, 0.25) is 0 Å². The largest absolute Gasteiger partial charge is 0.308 e. The Morgan fingerprint density at radius 3 is 2.81 bits per heavy atom. The maximum absolute atomic E-state index is 4.47. The van der Waals surface area contributed by atoms with Gasteiger partial charge in [-0.3, -0.25) is 0 Å². The van der Waals surface area contributed by atoms with Gasteiger partial charge in [0.2, 0.25) is 0 Å². The Labute approximate surface area is 127 Å². The van der Waals surface area contributed by atoms with E-state index < -0.39 is 0 Å². The molecule has 21 heavy (non-hydrogen) atoms. The van der Waals surface area contributed by atoms with Crippen LogP contribution < -0.4 is 5.32 Å². The molecule has 106 valence electrons. The highest BCUT2D eigenvalue weighted by Gasteiger charge is 2.27. The highest BCUT2D eigenvalue weighted by Crippen LogP contribution is 2.30. The lowest BCUT2D eigenvalue weighted by Crippen LogP contribution is -2.34. The van der Waals surface area contributed by atoms with Crippen LogP contribution in [0.5, 0.6) is 0 Å². The van der Waals surface area contributed by atoms with E-state index in [4.69, 9.17) is 0 Å². The first kappa shape index (κ1) is 12.7. The van der Waals surface area contributed by atoms with Gasteiger partial charge < -0.3 is 9.88 Å². The molecule has 4 rings (SSSR count). The summed E-state index contributed by atoms with van der Waals surface area (Å²) in [5.41, 5.74) is 3.71. The van der Waals surface area contributed by atoms with Crippen molar-refractivity contribution in [2.75, 3.05) is 6.54 Å². The standard InChI is InChI=1S/C16H16N4S/c1-11-9-21-10-13(11)15-18-19-16-14(17-7-8-20(15)16)12-5-3-2-4-6-12/h2-6,9-10,14,17H,7-8H2,1H3. The number of rotatable bonds is 2. The molecule has 5 heteroatoms. The Kier molecular flexibility index (Phi) is 3.09. The molecule has 2 aromatic heterocycles. The Morgan fingerprint density at radius 2 is 2.05 bits per heavy atom. The topological polar surface area (TPSA) is 42.7 Å². The SMILES string of the molecule is Cc1cscc1-c1nnc2n1CCNC2c1ccccc1. The number of aromatic nitrogens is 3. The van der Waals surface area contributed by atoms with Gasteiger partial charge in [0.05, 0.1) is 6.04 Å². The minimum Gasteiger partial charge on any atom is -0.308 e. The zero-order valence-corrected chi connectivity index (χ0v) is 12.6. The number of nitrogens with zero attached hydrogens (tertiary/aromatic N) is 3. The summed E-state index contributed by atoms with van der Waals surface area (Å²) < 4.78 is 2.25. The average molecular weight is 296 g/mol. The Bertz CT molecular complexity index is 760. The second kappa shape index (κ2) is 5.09. The first-order chi connectivity index (χ1) is 10.3. The zero-order valence-electron chi connectivity index (χ0n) is 11.8. The lowest BCUT2D eigenvalue weighted by atomic mass is 10.0. The van der Waals surface area contributed by atoms with Gasteiger partial charge in [0.1, 0.15) is 0 Å². The summed E-state index contributed by atoms with van der Waals surface area (Å²) in [6.45, 7) is 3.97. The maximum atomic E-state index is 4.47. The summed E-state index contributed by atoms with van der Waals surface area (Å²) in [5.74, 6) is 2.00. The molecular formula is C16H16N4S. The molecule has 1 unspecified atom stereocenters. The summed E-state index contributed by atoms with van der Waals surface area (Å²) >= 11 is 1.72. The van der Waals surface area contributed by atoms with Crippen molar-refractivity contribution in [3.8, 4) is 11.4 Å². The van der Waals surface area contributed by atoms with Gasteiger partial charge in [-0.25, -0.2) is 0 Å². The maximum Gasteiger partial charge on any atom is 0.165 e. The Hall–Kier alpha value is -1.98. The van der Waals surface area contributed by atoms with E-state index in [9.17, 15) is 0 Å². The number of hydrogen-bond donors (Lipinski definition) is 1. The zero-order chi connectivity index (χ0) is 14.2. The van der Waals surface area contributed by atoms with Gasteiger partial charge in [0, 0.05) is 24.0 Å². The fourth-order valence-electron chi connectivity index (χ4n) is 2.86. The highest BCUT2D eigenvalue weighted by atomic mass is 32.1. The van der Waals surface area contributed by atoms with E-state index in [0.717, 1.165) is 24.7 Å². The van der Waals surface area contributed by atoms with E-state index in [1.807, 2.05) is 6.07 Å². The van der Waals surface area contributed by atoms with E-state index in [0.29, 0.717) is 0 Å². The van der Waals surface area contributed by atoms with Crippen molar-refractivity contribution in [3.05, 3.63) is 58.0 Å². The van der Waals surface area contributed by atoms with Crippen LogP contribution in [0.15, 0.2) is 41.1 Å². The van der Waals surface area contributed by atoms with Gasteiger partial charge in [0.25, 0.3) is 0 Å². The molecule has 0 aliphatic carbocycles. The van der Waals surface area contributed by atoms with Crippen molar-refractivity contribution in [3.63, 3.8) is 0 Å². The smallest absolute Gasteiger partial charge is 0.165 e. The number of nitrogens with one attached hydrogen (secondary N) is 1. The Morgan fingerprint density at radius 1 is 1.19 bits per heavy atom. The first-order valence-corrected chi connectivity index (χ1v) is 8.03. The molecule has 0 spiro atoms. The molecule has 0 saturated carbocycles. The van der Waals surface area contributed by atoms with Crippen molar-refractivity contribution in [2.45, 2.75) is 19.5 Å². The van der Waals surface area contributed by atoms with Crippen LogP contribution in [-0.4, -0.2) is 21.3 Å². The van der Waals surface area contributed by atoms with E-state index in [2.05, 4.69) is 62.0 Å². The molecule has 3 heterocycles. The summed E-state index contributed by atoms with van der Waals surface area (Å²) in [5, 5.41) is 16.8. The molecule has 0 fully saturated rings. The lowest BCUT2D eigenvalue weighted by molar-refractivity contribution is 0.458. The quantitative estimate of drug-likeness (QED) is 0.790. The minimum atomic E-state index is 0.125. The molecular weight excluding hydrogens is 280 g/mol. The van der Waals surface area contributed by atoms with Gasteiger partial charge >= 0.3 is 0 Å². The van der Waals surface area contributed by atoms with Crippen LogP contribution in [0, 0.1) is 6.92 Å². The normalized spacial score (nSPS) is 17.7. The predicted octanol–water partition coefficient (Wildman–Crippen LogP) is 3.01. The molecule has 4 nitrogen and oxygen atoms in total. The van der Waals surface area contributed by atoms with Gasteiger partial charge in [-0.2, -0.15) is 11.3 Å². The second-order valence-electron chi connectivity index (χ2n) is 5.30. The van der Waals surface area contributed by atoms with Gasteiger partial charge in [-0.05, 0) is 23.4 Å². The average Bonchev–Trinajstić information content (AvgIpc) is 3.13. The van der Waals surface area contributed by atoms with Crippen molar-refractivity contribution in [2.24, 2.45) is 0 Å². The lowest BCUT2D eigenvalue weighted by Gasteiger charge is -2.25. The van der Waals surface area contributed by atoms with E-state index in [1.165, 1.54) is 16.7 Å². The highest BCUT2D eigenvalue weighted by molar-refractivity contribution is 7.08. The summed E-state index contributed by atoms with van der Waals surface area (Å²) in [6.07, 6.45) is 0. The Balaban J connectivity index is 1.81. The molecule has 0 radical (unpaired) electrons. The van der Waals surface area contributed by atoms with Gasteiger partial charge in [-0.15, -0.1) is 10.2 Å². The van der Waals surface area contributed by atoms with Crippen molar-refractivity contribution in [1.82, 2.24) is 20.1 Å². The monoisotopic (exact) mass is 296 g/mol. The van der Waals surface area contributed by atoms with Crippen molar-refractivity contribution >= 4 is 11.3 Å². The van der Waals surface area contributed by atoms with E-state index in [-0.39, 0.29) is 6.04 Å². The van der Waals surface area contributed by atoms with Crippen molar-refractivity contribution in [1.29, 1.82) is 0 Å². The number of thiophene rings is 1. The number of aryl methyl sites for hydroxylation is 1. The summed E-state index contributed by atoms with van der Waals surface area (Å²) in [6, 6.07) is 10.6. The van der Waals surface area contributed by atoms with Crippen molar-refractivity contribution < 1.29 is 0 Å². The molecule has 0 amide bonds. The summed E-state index contributed by atoms with van der Waals surface area (Å²) in [4.78, 5) is 0. The molecule has 3 aromatic rings. The predicted molar refractivity (Wildman–Crippen MR) is 84.4 cm³/mol. The van der Waals surface area contributed by atoms with Crippen LogP contribution in [0.1, 0.15) is 23.0 Å². The molecule has 0 bridgehead atoms. The number of hydrogen-bond acceptors (Lipinski definition) is 4. The van der Waals surface area contributed by atoms with Crippen LogP contribution in [0.25, 0.3) is 11.4 Å². The minimum absolute atomic E-state index is 0.125. The molecule has 1 atom stereocenters. The molecule has 1 N–H and O–H groups in total. The fourth-order valence-corrected chi connectivity index (χ4v) is 3.69. The third-order valence-corrected chi connectivity index (χ3v) is 4.81. The molecule has 1 aromatic carbocycles. The van der Waals surface area contributed by atoms with Gasteiger partial charge in [0.15, 0.2) is 11.6 Å². The van der Waals surface area contributed by atoms with Gasteiger partial charge in [-0.1, -0.05) is 30.3 Å². The summed E-state index contributed by atoms with van der Waals surface area (Å²) in [7, 11) is 0. The first-order valence-electron chi connectivity index (χ1n) is 7.09. The van der Waals surface area contributed by atoms with Crippen LogP contribution in [0.3, 0.4) is 0 Å². The molecule has 1 aliphatic heterocycles. The fraction of sp³-hybridized carbons (Fsp3) is 0.250. The van der Waals surface area contributed by atoms with E-state index >= 15 is 0 Å². The second-order valence-corrected chi connectivity index (χ2v) is 6.04. The van der Waals surface area contributed by atoms with Crippen LogP contribution in [-0.2, 0) is 6.54 Å². The third-order valence-electron chi connectivity index (χ3n) is 3.95. The molecule has 1 aliphatic rings. The van der Waals surface area contributed by atoms with Crippen LogP contribution in [0.4, 0.5) is 0 Å². The number of fused-ring (bicyclic) bond motifs is 1.